The fourth-order valence-electron chi connectivity index (χ4n) is 3.09. The van der Waals surface area contributed by atoms with E-state index in [1.165, 1.54) is 64.7 Å². The second kappa shape index (κ2) is 16.2. The molecule has 0 aromatic heterocycles. The summed E-state index contributed by atoms with van der Waals surface area (Å²) >= 11 is 0. The Morgan fingerprint density at radius 3 is 1.72 bits per heavy atom. The Labute approximate surface area is 156 Å². The molecule has 141 valence electrons. The van der Waals surface area contributed by atoms with Crippen LogP contribution in [0.5, 0.6) is 0 Å². The molecule has 4 heteroatoms. The fraction of sp³-hybridized carbons (Fsp3) is 0.810. The van der Waals surface area contributed by atoms with Gasteiger partial charge in [0.2, 0.25) is 5.91 Å². The zero-order chi connectivity index (χ0) is 18.9. The lowest BCUT2D eigenvalue weighted by atomic mass is 9.68. The van der Waals surface area contributed by atoms with E-state index in [0.717, 1.165) is 30.5 Å². The average molecular weight is 346 g/mol. The molecule has 0 aromatic carbocycles. The third-order valence-electron chi connectivity index (χ3n) is 4.65. The minimum atomic E-state index is -0.550. The number of amides is 2. The van der Waals surface area contributed by atoms with Gasteiger partial charge in [-0.15, -0.1) is 6.42 Å². The van der Waals surface area contributed by atoms with Gasteiger partial charge in [-0.1, -0.05) is 97.3 Å². The molecule has 0 bridgehead atoms. The molecule has 0 aliphatic heterocycles. The molecule has 0 saturated heterocycles. The minimum absolute atomic E-state index is 0.258. The summed E-state index contributed by atoms with van der Waals surface area (Å²) in [6.07, 6.45) is 20.9. The van der Waals surface area contributed by atoms with Crippen molar-refractivity contribution in [2.75, 3.05) is 0 Å². The molecule has 1 atom stereocenters. The van der Waals surface area contributed by atoms with E-state index < -0.39 is 5.91 Å². The maximum absolute atomic E-state index is 11.8. The molecular weight excluding hydrogens is 309 g/mol. The van der Waals surface area contributed by atoms with Gasteiger partial charge in [0.05, 0.1) is 0 Å². The number of nitrogens with zero attached hydrogens (tertiary/aromatic N) is 1. The van der Waals surface area contributed by atoms with Crippen LogP contribution in [0.15, 0.2) is 0 Å². The fourth-order valence-corrected chi connectivity index (χ4v) is 3.09. The summed E-state index contributed by atoms with van der Waals surface area (Å²) in [5, 5.41) is 0. The van der Waals surface area contributed by atoms with E-state index in [-0.39, 0.29) is 11.7 Å². The smallest absolute Gasteiger partial charge is 0.292 e. The number of carbonyl (C=O) groups is 2. The Bertz CT molecular complexity index is 403. The van der Waals surface area contributed by atoms with Crippen molar-refractivity contribution in [3.63, 3.8) is 0 Å². The van der Waals surface area contributed by atoms with Crippen molar-refractivity contribution in [3.8, 4) is 12.3 Å². The normalized spacial score (nSPS) is 11.6. The highest BCUT2D eigenvalue weighted by molar-refractivity contribution is 6.45. The lowest BCUT2D eigenvalue weighted by molar-refractivity contribution is -0.134. The first-order valence-electron chi connectivity index (χ1n) is 10.2. The number of rotatable bonds is 15. The highest BCUT2D eigenvalue weighted by Gasteiger charge is 2.23. The summed E-state index contributed by atoms with van der Waals surface area (Å²) in [6.45, 7) is 5.84. The molecule has 0 saturated carbocycles. The topological polar surface area (TPSA) is 37.4 Å². The molecule has 1 radical (unpaired) electrons. The molecule has 3 nitrogen and oxygen atoms in total. The number of terminal acetylenes is 1. The predicted molar refractivity (Wildman–Crippen MR) is 107 cm³/mol. The third kappa shape index (κ3) is 12.7. The Morgan fingerprint density at radius 2 is 1.32 bits per heavy atom. The highest BCUT2D eigenvalue weighted by atomic mass is 16.2. The maximum atomic E-state index is 11.8. The second-order valence-electron chi connectivity index (χ2n) is 7.01. The van der Waals surface area contributed by atoms with Crippen LogP contribution in [0.1, 0.15) is 104 Å². The molecule has 0 spiro atoms. The van der Waals surface area contributed by atoms with Crippen LogP contribution in [0.4, 0.5) is 0 Å². The SMILES string of the molecule is C#CC(=O)N([B]C(CCCCCCC)CCCCCCCC)C(C)=O. The van der Waals surface area contributed by atoms with E-state index in [0.29, 0.717) is 0 Å². The Morgan fingerprint density at radius 1 is 0.880 bits per heavy atom. The Hall–Kier alpha value is -1.24. The summed E-state index contributed by atoms with van der Waals surface area (Å²) in [5.74, 6) is 1.48. The van der Waals surface area contributed by atoms with Gasteiger partial charge in [0, 0.05) is 6.92 Å². The van der Waals surface area contributed by atoms with Crippen molar-refractivity contribution in [1.29, 1.82) is 0 Å². The van der Waals surface area contributed by atoms with Crippen molar-refractivity contribution in [1.82, 2.24) is 4.81 Å². The molecule has 0 aromatic rings. The van der Waals surface area contributed by atoms with Crippen LogP contribution >= 0.6 is 0 Å². The molecule has 0 fully saturated rings. The van der Waals surface area contributed by atoms with Crippen LogP contribution in [0.25, 0.3) is 0 Å². The number of unbranched alkanes of at least 4 members (excludes halogenated alkanes) is 9. The molecular formula is C21H37BNO2. The first-order valence-corrected chi connectivity index (χ1v) is 10.2. The van der Waals surface area contributed by atoms with E-state index in [4.69, 9.17) is 6.42 Å². The average Bonchev–Trinajstić information content (AvgIpc) is 2.60. The van der Waals surface area contributed by atoms with Crippen molar-refractivity contribution < 1.29 is 9.59 Å². The van der Waals surface area contributed by atoms with Gasteiger partial charge in [-0.3, -0.25) is 9.59 Å². The van der Waals surface area contributed by atoms with Gasteiger partial charge in [0.1, 0.15) is 0 Å². The highest BCUT2D eigenvalue weighted by Crippen LogP contribution is 2.24. The summed E-state index contributed by atoms with van der Waals surface area (Å²) < 4.78 is 0. The van der Waals surface area contributed by atoms with E-state index in [9.17, 15) is 9.59 Å². The van der Waals surface area contributed by atoms with Gasteiger partial charge in [-0.05, 0) is 11.7 Å². The van der Waals surface area contributed by atoms with Crippen molar-refractivity contribution in [2.45, 2.75) is 110 Å². The number of hydrogen-bond donors (Lipinski definition) is 0. The van der Waals surface area contributed by atoms with Crippen LogP contribution in [0.2, 0.25) is 5.82 Å². The lowest BCUT2D eigenvalue weighted by Crippen LogP contribution is -2.39. The second-order valence-corrected chi connectivity index (χ2v) is 7.01. The van der Waals surface area contributed by atoms with Crippen LogP contribution in [0.3, 0.4) is 0 Å². The summed E-state index contributed by atoms with van der Waals surface area (Å²) in [4.78, 5) is 24.6. The van der Waals surface area contributed by atoms with Gasteiger partial charge in [-0.2, -0.15) is 0 Å². The van der Waals surface area contributed by atoms with E-state index in [2.05, 4.69) is 19.8 Å². The standard InChI is InChI=1S/C21H37BNO2/c1-5-8-10-12-14-16-18-20(17-15-13-11-9-6-2)22-23(19(4)24)21(25)7-3/h3,20H,5-6,8-18H2,1-2,4H3. The van der Waals surface area contributed by atoms with E-state index >= 15 is 0 Å². The van der Waals surface area contributed by atoms with Gasteiger partial charge in [0.15, 0.2) is 0 Å². The molecule has 0 aliphatic rings. The number of imide groups is 1. The molecule has 0 rings (SSSR count). The molecule has 2 amide bonds. The first kappa shape index (κ1) is 23.8. The lowest BCUT2D eigenvalue weighted by Gasteiger charge is -2.22. The molecule has 1 unspecified atom stereocenters. The summed E-state index contributed by atoms with van der Waals surface area (Å²) in [5.41, 5.74) is 0. The van der Waals surface area contributed by atoms with Gasteiger partial charge >= 0.3 is 0 Å². The van der Waals surface area contributed by atoms with Crippen molar-refractivity contribution in [3.05, 3.63) is 0 Å². The monoisotopic (exact) mass is 346 g/mol. The van der Waals surface area contributed by atoms with Crippen LogP contribution in [-0.4, -0.2) is 24.0 Å². The van der Waals surface area contributed by atoms with Gasteiger partial charge < -0.3 is 4.81 Å². The predicted octanol–water partition coefficient (Wildman–Crippen LogP) is 5.51. The number of hydrogen-bond acceptors (Lipinski definition) is 2. The quantitative estimate of drug-likeness (QED) is 0.223. The van der Waals surface area contributed by atoms with E-state index in [1.54, 1.807) is 7.41 Å². The minimum Gasteiger partial charge on any atom is -0.323 e. The van der Waals surface area contributed by atoms with Crippen LogP contribution in [-0.2, 0) is 9.59 Å². The Kier molecular flexibility index (Phi) is 15.4. The maximum Gasteiger partial charge on any atom is 0.292 e. The molecule has 0 aliphatic carbocycles. The molecule has 0 N–H and O–H groups in total. The van der Waals surface area contributed by atoms with Crippen molar-refractivity contribution in [2.24, 2.45) is 0 Å². The molecule has 25 heavy (non-hydrogen) atoms. The van der Waals surface area contributed by atoms with Gasteiger partial charge in [-0.25, -0.2) is 0 Å². The zero-order valence-electron chi connectivity index (χ0n) is 16.7. The summed E-state index contributed by atoms with van der Waals surface area (Å²) in [7, 11) is 1.79. The zero-order valence-corrected chi connectivity index (χ0v) is 16.7. The van der Waals surface area contributed by atoms with Crippen LogP contribution < -0.4 is 0 Å². The first-order chi connectivity index (χ1) is 12.1. The number of carbonyl (C=O) groups excluding carboxylic acids is 2. The largest absolute Gasteiger partial charge is 0.323 e. The Balaban J connectivity index is 4.41. The van der Waals surface area contributed by atoms with Gasteiger partial charge in [0.25, 0.3) is 13.3 Å². The summed E-state index contributed by atoms with van der Waals surface area (Å²) in [6, 6.07) is 0. The van der Waals surface area contributed by atoms with Crippen molar-refractivity contribution >= 4 is 19.2 Å². The molecule has 0 heterocycles. The van der Waals surface area contributed by atoms with E-state index in [1.807, 2.05) is 0 Å². The van der Waals surface area contributed by atoms with Crippen LogP contribution in [0, 0.1) is 12.3 Å². The third-order valence-corrected chi connectivity index (χ3v) is 4.65.